The molecule has 1 heterocycles. The molecule has 0 saturated carbocycles. The summed E-state index contributed by atoms with van der Waals surface area (Å²) in [5.41, 5.74) is 1.24. The number of amides is 1. The first-order valence-corrected chi connectivity index (χ1v) is 9.27. The van der Waals surface area contributed by atoms with Crippen LogP contribution < -0.4 is 25.1 Å². The standard InChI is InChI=1S/C21H20ClN3O5/c1-28-14-6-4-5-13(9-14)16-7-8-21(27)25(24-16)12-20(26)23-17-10-15(22)18(29-2)11-19(17)30-3/h4-11H,12H2,1-3H3,(H,23,26). The van der Waals surface area contributed by atoms with Crippen molar-refractivity contribution in [3.05, 3.63) is 63.9 Å². The second kappa shape index (κ2) is 9.32. The maximum absolute atomic E-state index is 12.6. The summed E-state index contributed by atoms with van der Waals surface area (Å²) in [6, 6.07) is 13.3. The fraction of sp³-hybridized carbons (Fsp3) is 0.190. The van der Waals surface area contributed by atoms with Gasteiger partial charge >= 0.3 is 0 Å². The number of nitrogens with one attached hydrogen (secondary N) is 1. The molecule has 0 atom stereocenters. The zero-order chi connectivity index (χ0) is 21.7. The topological polar surface area (TPSA) is 91.7 Å². The number of rotatable bonds is 7. The van der Waals surface area contributed by atoms with Gasteiger partial charge in [-0.05, 0) is 24.3 Å². The predicted octanol–water partition coefficient (Wildman–Crippen LogP) is 3.23. The molecule has 0 aliphatic heterocycles. The Morgan fingerprint density at radius 1 is 1.03 bits per heavy atom. The number of anilines is 1. The Hall–Kier alpha value is -3.52. The van der Waals surface area contributed by atoms with Crippen LogP contribution in [-0.4, -0.2) is 37.0 Å². The monoisotopic (exact) mass is 429 g/mol. The third kappa shape index (κ3) is 4.72. The largest absolute Gasteiger partial charge is 0.497 e. The number of methoxy groups -OCH3 is 3. The van der Waals surface area contributed by atoms with Gasteiger partial charge in [0.1, 0.15) is 23.8 Å². The van der Waals surface area contributed by atoms with Crippen molar-refractivity contribution in [1.82, 2.24) is 9.78 Å². The first-order chi connectivity index (χ1) is 14.4. The summed E-state index contributed by atoms with van der Waals surface area (Å²) in [4.78, 5) is 24.8. The van der Waals surface area contributed by atoms with Gasteiger partial charge in [-0.15, -0.1) is 0 Å². The molecule has 0 radical (unpaired) electrons. The molecule has 156 valence electrons. The highest BCUT2D eigenvalue weighted by Gasteiger charge is 2.14. The van der Waals surface area contributed by atoms with Crippen molar-refractivity contribution < 1.29 is 19.0 Å². The summed E-state index contributed by atoms with van der Waals surface area (Å²) in [5.74, 6) is 0.977. The van der Waals surface area contributed by atoms with Crippen molar-refractivity contribution in [2.45, 2.75) is 6.54 Å². The molecule has 0 saturated heterocycles. The van der Waals surface area contributed by atoms with Gasteiger partial charge in [0.2, 0.25) is 5.91 Å². The number of ether oxygens (including phenoxy) is 3. The average Bonchev–Trinajstić information content (AvgIpc) is 2.75. The number of carbonyl (C=O) groups is 1. The molecule has 0 bridgehead atoms. The van der Waals surface area contributed by atoms with E-state index < -0.39 is 11.5 Å². The molecule has 9 heteroatoms. The molecule has 30 heavy (non-hydrogen) atoms. The van der Waals surface area contributed by atoms with Crippen LogP contribution in [0.2, 0.25) is 5.02 Å². The first kappa shape index (κ1) is 21.2. The Bertz CT molecular complexity index is 1130. The molecule has 0 spiro atoms. The molecule has 2 aromatic carbocycles. The van der Waals surface area contributed by atoms with Gasteiger partial charge in [-0.25, -0.2) is 4.68 Å². The van der Waals surface area contributed by atoms with Gasteiger partial charge in [0.05, 0.1) is 37.7 Å². The molecule has 0 aliphatic carbocycles. The minimum absolute atomic E-state index is 0.288. The normalized spacial score (nSPS) is 10.4. The summed E-state index contributed by atoms with van der Waals surface area (Å²) < 4.78 is 16.7. The van der Waals surface area contributed by atoms with Crippen molar-refractivity contribution in [3.8, 4) is 28.5 Å². The second-order valence-electron chi connectivity index (χ2n) is 6.18. The highest BCUT2D eigenvalue weighted by molar-refractivity contribution is 6.32. The SMILES string of the molecule is COc1cccc(-c2ccc(=O)n(CC(=O)Nc3cc(Cl)c(OC)cc3OC)n2)c1. The number of benzene rings is 2. The smallest absolute Gasteiger partial charge is 0.267 e. The summed E-state index contributed by atoms with van der Waals surface area (Å²) >= 11 is 6.13. The molecule has 0 fully saturated rings. The molecule has 0 aliphatic rings. The molecule has 1 N–H and O–H groups in total. The zero-order valence-corrected chi connectivity index (χ0v) is 17.4. The van der Waals surface area contributed by atoms with E-state index >= 15 is 0 Å². The summed E-state index contributed by atoms with van der Waals surface area (Å²) in [5, 5.41) is 7.29. The minimum Gasteiger partial charge on any atom is -0.497 e. The number of carbonyl (C=O) groups excluding carboxylic acids is 1. The first-order valence-electron chi connectivity index (χ1n) is 8.89. The Morgan fingerprint density at radius 2 is 1.80 bits per heavy atom. The highest BCUT2D eigenvalue weighted by atomic mass is 35.5. The highest BCUT2D eigenvalue weighted by Crippen LogP contribution is 2.35. The summed E-state index contributed by atoms with van der Waals surface area (Å²) in [7, 11) is 4.51. The quantitative estimate of drug-likeness (QED) is 0.620. The van der Waals surface area contributed by atoms with E-state index in [0.717, 1.165) is 10.2 Å². The van der Waals surface area contributed by atoms with Crippen LogP contribution in [0.5, 0.6) is 17.2 Å². The minimum atomic E-state index is -0.466. The maximum atomic E-state index is 12.6. The van der Waals surface area contributed by atoms with Gasteiger partial charge in [0.25, 0.3) is 5.56 Å². The lowest BCUT2D eigenvalue weighted by Gasteiger charge is -2.13. The predicted molar refractivity (Wildman–Crippen MR) is 114 cm³/mol. The number of aromatic nitrogens is 2. The van der Waals surface area contributed by atoms with Crippen LogP contribution in [0, 0.1) is 0 Å². The molecule has 8 nitrogen and oxygen atoms in total. The van der Waals surface area contributed by atoms with E-state index in [1.54, 1.807) is 31.4 Å². The van der Waals surface area contributed by atoms with Crippen molar-refractivity contribution in [1.29, 1.82) is 0 Å². The van der Waals surface area contributed by atoms with E-state index in [4.69, 9.17) is 25.8 Å². The van der Waals surface area contributed by atoms with Gasteiger partial charge in [0.15, 0.2) is 0 Å². The fourth-order valence-electron chi connectivity index (χ4n) is 2.78. The Labute approximate surface area is 178 Å². The van der Waals surface area contributed by atoms with Crippen LogP contribution in [0.4, 0.5) is 5.69 Å². The molecule has 0 unspecified atom stereocenters. The van der Waals surface area contributed by atoms with E-state index in [0.29, 0.717) is 33.7 Å². The second-order valence-corrected chi connectivity index (χ2v) is 6.59. The lowest BCUT2D eigenvalue weighted by Crippen LogP contribution is -2.29. The van der Waals surface area contributed by atoms with E-state index in [1.165, 1.54) is 26.4 Å². The van der Waals surface area contributed by atoms with Gasteiger partial charge in [-0.1, -0.05) is 23.7 Å². The molecule has 3 rings (SSSR count). The van der Waals surface area contributed by atoms with Crippen molar-refractivity contribution in [2.75, 3.05) is 26.6 Å². The fourth-order valence-corrected chi connectivity index (χ4v) is 3.02. The van der Waals surface area contributed by atoms with Crippen LogP contribution in [0.1, 0.15) is 0 Å². The van der Waals surface area contributed by atoms with E-state index in [2.05, 4.69) is 10.4 Å². The number of hydrogen-bond donors (Lipinski definition) is 1. The molecule has 3 aromatic rings. The van der Waals surface area contributed by atoms with Crippen LogP contribution >= 0.6 is 11.6 Å². The molecule has 1 amide bonds. The van der Waals surface area contributed by atoms with Crippen molar-refractivity contribution >= 4 is 23.2 Å². The van der Waals surface area contributed by atoms with E-state index in [-0.39, 0.29) is 6.54 Å². The maximum Gasteiger partial charge on any atom is 0.267 e. The third-order valence-electron chi connectivity index (χ3n) is 4.27. The molecule has 1 aromatic heterocycles. The number of nitrogens with zero attached hydrogens (tertiary/aromatic N) is 2. The van der Waals surface area contributed by atoms with Crippen LogP contribution in [0.15, 0.2) is 53.3 Å². The van der Waals surface area contributed by atoms with Crippen LogP contribution in [0.3, 0.4) is 0 Å². The molecular weight excluding hydrogens is 410 g/mol. The Kier molecular flexibility index (Phi) is 6.58. The third-order valence-corrected chi connectivity index (χ3v) is 4.57. The van der Waals surface area contributed by atoms with Crippen LogP contribution in [0.25, 0.3) is 11.3 Å². The lowest BCUT2D eigenvalue weighted by molar-refractivity contribution is -0.117. The average molecular weight is 430 g/mol. The Morgan fingerprint density at radius 3 is 2.50 bits per heavy atom. The number of halogens is 1. The van der Waals surface area contributed by atoms with Gasteiger partial charge in [-0.2, -0.15) is 5.10 Å². The van der Waals surface area contributed by atoms with E-state index in [9.17, 15) is 9.59 Å². The lowest BCUT2D eigenvalue weighted by atomic mass is 10.1. The van der Waals surface area contributed by atoms with Crippen LogP contribution in [-0.2, 0) is 11.3 Å². The van der Waals surface area contributed by atoms with E-state index in [1.807, 2.05) is 12.1 Å². The summed E-state index contributed by atoms with van der Waals surface area (Å²) in [6.45, 7) is -0.288. The van der Waals surface area contributed by atoms with Gasteiger partial charge < -0.3 is 19.5 Å². The Balaban J connectivity index is 1.83. The summed E-state index contributed by atoms with van der Waals surface area (Å²) in [6.07, 6.45) is 0. The zero-order valence-electron chi connectivity index (χ0n) is 16.6. The van der Waals surface area contributed by atoms with Crippen molar-refractivity contribution in [3.63, 3.8) is 0 Å². The molecular formula is C21H20ClN3O5. The van der Waals surface area contributed by atoms with Gasteiger partial charge in [0, 0.05) is 17.7 Å². The van der Waals surface area contributed by atoms with Crippen molar-refractivity contribution in [2.24, 2.45) is 0 Å². The van der Waals surface area contributed by atoms with Gasteiger partial charge in [-0.3, -0.25) is 9.59 Å². The number of hydrogen-bond acceptors (Lipinski definition) is 6.